The molecule has 1 fully saturated rings. The third kappa shape index (κ3) is 4.91. The van der Waals surface area contributed by atoms with Gasteiger partial charge >= 0.3 is 5.97 Å². The summed E-state index contributed by atoms with van der Waals surface area (Å²) in [6.45, 7) is -0.486. The van der Waals surface area contributed by atoms with Gasteiger partial charge in [0.05, 0.1) is 16.6 Å². The van der Waals surface area contributed by atoms with Crippen molar-refractivity contribution >= 4 is 23.6 Å². The van der Waals surface area contributed by atoms with Gasteiger partial charge in [-0.1, -0.05) is 31.4 Å². The molecule has 2 rings (SSSR count). The van der Waals surface area contributed by atoms with Gasteiger partial charge in [0.1, 0.15) is 5.54 Å². The van der Waals surface area contributed by atoms with Crippen LogP contribution in [0.4, 0.5) is 5.69 Å². The number of hydrogen-bond acceptors (Lipinski definition) is 6. The molecule has 1 aliphatic carbocycles. The maximum Gasteiger partial charge on any atom is 0.331 e. The van der Waals surface area contributed by atoms with E-state index in [9.17, 15) is 25.0 Å². The fourth-order valence-electron chi connectivity index (χ4n) is 3.13. The van der Waals surface area contributed by atoms with Crippen molar-refractivity contribution in [3.05, 3.63) is 46.0 Å². The van der Waals surface area contributed by atoms with Crippen LogP contribution >= 0.6 is 0 Å². The van der Waals surface area contributed by atoms with Crippen molar-refractivity contribution in [2.75, 3.05) is 13.7 Å². The van der Waals surface area contributed by atoms with Crippen LogP contribution in [0, 0.1) is 21.4 Å². The van der Waals surface area contributed by atoms with Crippen molar-refractivity contribution in [1.82, 2.24) is 4.90 Å². The molecule has 0 radical (unpaired) electrons. The Morgan fingerprint density at radius 2 is 2.00 bits per heavy atom. The summed E-state index contributed by atoms with van der Waals surface area (Å²) in [5.74, 6) is -1.24. The third-order valence-corrected chi connectivity index (χ3v) is 4.78. The van der Waals surface area contributed by atoms with Gasteiger partial charge < -0.3 is 9.64 Å². The lowest BCUT2D eigenvalue weighted by Gasteiger charge is -2.38. The van der Waals surface area contributed by atoms with Crippen molar-refractivity contribution in [3.63, 3.8) is 0 Å². The SMILES string of the molecule is CN(C(=O)COC(=O)/C=C/c1ccccc1[N+](=O)[O-])C1(C#N)CCCCC1. The summed E-state index contributed by atoms with van der Waals surface area (Å²) in [5.41, 5.74) is -0.721. The lowest BCUT2D eigenvalue weighted by Crippen LogP contribution is -2.51. The van der Waals surface area contributed by atoms with E-state index in [2.05, 4.69) is 6.07 Å². The zero-order valence-electron chi connectivity index (χ0n) is 15.1. The molecule has 0 aliphatic heterocycles. The van der Waals surface area contributed by atoms with Crippen molar-refractivity contribution in [2.45, 2.75) is 37.6 Å². The minimum absolute atomic E-state index is 0.134. The van der Waals surface area contributed by atoms with E-state index in [4.69, 9.17) is 4.74 Å². The molecule has 8 heteroatoms. The minimum atomic E-state index is -0.845. The summed E-state index contributed by atoms with van der Waals surface area (Å²) in [5, 5.41) is 20.4. The van der Waals surface area contributed by atoms with E-state index in [1.807, 2.05) is 0 Å². The number of esters is 1. The maximum atomic E-state index is 12.3. The minimum Gasteiger partial charge on any atom is -0.452 e. The van der Waals surface area contributed by atoms with E-state index < -0.39 is 28.9 Å². The van der Waals surface area contributed by atoms with Gasteiger partial charge in [-0.05, 0) is 25.0 Å². The van der Waals surface area contributed by atoms with Crippen molar-refractivity contribution in [1.29, 1.82) is 5.26 Å². The molecule has 1 aliphatic rings. The van der Waals surface area contributed by atoms with Gasteiger partial charge in [0, 0.05) is 19.2 Å². The summed E-state index contributed by atoms with van der Waals surface area (Å²) in [4.78, 5) is 35.9. The molecule has 1 aromatic carbocycles. The summed E-state index contributed by atoms with van der Waals surface area (Å²) in [6.07, 6.45) is 6.32. The summed E-state index contributed by atoms with van der Waals surface area (Å²) >= 11 is 0. The molecular weight excluding hydrogens is 350 g/mol. The van der Waals surface area contributed by atoms with E-state index in [1.54, 1.807) is 13.1 Å². The highest BCUT2D eigenvalue weighted by Crippen LogP contribution is 2.32. The smallest absolute Gasteiger partial charge is 0.331 e. The van der Waals surface area contributed by atoms with Crippen LogP contribution in [0.2, 0.25) is 0 Å². The van der Waals surface area contributed by atoms with Crippen molar-refractivity contribution in [3.8, 4) is 6.07 Å². The van der Waals surface area contributed by atoms with Crippen LogP contribution in [0.1, 0.15) is 37.7 Å². The number of likely N-dealkylation sites (N-methyl/N-ethyl adjacent to an activating group) is 1. The molecular formula is C19H21N3O5. The number of amides is 1. The summed E-state index contributed by atoms with van der Waals surface area (Å²) in [7, 11) is 1.55. The molecule has 1 aromatic rings. The molecule has 0 aromatic heterocycles. The Morgan fingerprint density at radius 1 is 1.33 bits per heavy atom. The van der Waals surface area contributed by atoms with Crippen LogP contribution in [0.5, 0.6) is 0 Å². The number of nitro benzene ring substituents is 1. The fraction of sp³-hybridized carbons (Fsp3) is 0.421. The molecule has 0 heterocycles. The van der Waals surface area contributed by atoms with Crippen LogP contribution in [0.3, 0.4) is 0 Å². The Kier molecular flexibility index (Phi) is 6.66. The Labute approximate surface area is 157 Å². The van der Waals surface area contributed by atoms with Crippen LogP contribution in [0.15, 0.2) is 30.3 Å². The lowest BCUT2D eigenvalue weighted by atomic mass is 9.81. The molecule has 8 nitrogen and oxygen atoms in total. The highest BCUT2D eigenvalue weighted by Gasteiger charge is 2.38. The second kappa shape index (κ2) is 8.94. The van der Waals surface area contributed by atoms with E-state index >= 15 is 0 Å². The number of nitrogens with zero attached hydrogens (tertiary/aromatic N) is 3. The number of carbonyl (C=O) groups excluding carboxylic acids is 2. The van der Waals surface area contributed by atoms with Crippen LogP contribution in [-0.2, 0) is 14.3 Å². The van der Waals surface area contributed by atoms with E-state index in [0.29, 0.717) is 12.8 Å². The zero-order chi connectivity index (χ0) is 19.9. The van der Waals surface area contributed by atoms with Gasteiger partial charge in [-0.2, -0.15) is 5.26 Å². The number of hydrogen-bond donors (Lipinski definition) is 0. The second-order valence-electron chi connectivity index (χ2n) is 6.41. The summed E-state index contributed by atoms with van der Waals surface area (Å²) < 4.78 is 4.93. The molecule has 142 valence electrons. The van der Waals surface area contributed by atoms with Gasteiger partial charge in [-0.3, -0.25) is 14.9 Å². The van der Waals surface area contributed by atoms with Crippen LogP contribution in [0.25, 0.3) is 6.08 Å². The predicted octanol–water partition coefficient (Wildman–Crippen LogP) is 2.84. The van der Waals surface area contributed by atoms with E-state index in [0.717, 1.165) is 25.3 Å². The highest BCUT2D eigenvalue weighted by atomic mass is 16.6. The summed E-state index contributed by atoms with van der Waals surface area (Å²) in [6, 6.07) is 8.20. The zero-order valence-corrected chi connectivity index (χ0v) is 15.1. The molecule has 27 heavy (non-hydrogen) atoms. The first kappa shape index (κ1) is 20.1. The van der Waals surface area contributed by atoms with Crippen LogP contribution in [-0.4, -0.2) is 40.9 Å². The lowest BCUT2D eigenvalue weighted by molar-refractivity contribution is -0.385. The maximum absolute atomic E-state index is 12.3. The molecule has 1 saturated carbocycles. The number of nitro groups is 1. The predicted molar refractivity (Wildman–Crippen MR) is 97.3 cm³/mol. The molecule has 0 saturated heterocycles. The Morgan fingerprint density at radius 3 is 2.63 bits per heavy atom. The largest absolute Gasteiger partial charge is 0.452 e. The first-order chi connectivity index (χ1) is 12.9. The van der Waals surface area contributed by atoms with Crippen LogP contribution < -0.4 is 0 Å². The first-order valence-electron chi connectivity index (χ1n) is 8.66. The topological polar surface area (TPSA) is 114 Å². The number of nitriles is 1. The Balaban J connectivity index is 1.94. The third-order valence-electron chi connectivity index (χ3n) is 4.78. The fourth-order valence-corrected chi connectivity index (χ4v) is 3.13. The van der Waals surface area contributed by atoms with E-state index in [1.165, 1.54) is 29.2 Å². The molecule has 0 bridgehead atoms. The second-order valence-corrected chi connectivity index (χ2v) is 6.41. The molecule has 0 N–H and O–H groups in total. The number of ether oxygens (including phenoxy) is 1. The highest BCUT2D eigenvalue weighted by molar-refractivity contribution is 5.90. The van der Waals surface area contributed by atoms with Gasteiger partial charge in [0.25, 0.3) is 11.6 Å². The quantitative estimate of drug-likeness (QED) is 0.329. The molecule has 0 unspecified atom stereocenters. The average molecular weight is 371 g/mol. The number of benzene rings is 1. The van der Waals surface area contributed by atoms with Crippen molar-refractivity contribution < 1.29 is 19.2 Å². The average Bonchev–Trinajstić information content (AvgIpc) is 2.70. The monoisotopic (exact) mass is 371 g/mol. The Bertz CT molecular complexity index is 791. The normalized spacial score (nSPS) is 15.7. The Hall–Kier alpha value is -3.21. The molecule has 0 atom stereocenters. The number of para-hydroxylation sites is 1. The van der Waals surface area contributed by atoms with Gasteiger partial charge in [0.15, 0.2) is 6.61 Å². The number of carbonyl (C=O) groups is 2. The van der Waals surface area contributed by atoms with Gasteiger partial charge in [-0.25, -0.2) is 4.79 Å². The first-order valence-corrected chi connectivity index (χ1v) is 8.66. The van der Waals surface area contributed by atoms with E-state index in [-0.39, 0.29) is 11.3 Å². The number of rotatable bonds is 6. The molecule has 1 amide bonds. The van der Waals surface area contributed by atoms with Gasteiger partial charge in [0.2, 0.25) is 0 Å². The molecule has 0 spiro atoms. The van der Waals surface area contributed by atoms with Crippen molar-refractivity contribution in [2.24, 2.45) is 0 Å². The standard InChI is InChI=1S/C19H21N3O5/c1-21(19(14-20)11-5-2-6-12-19)17(23)13-27-18(24)10-9-15-7-3-4-8-16(15)22(25)26/h3-4,7-10H,2,5-6,11-13H2,1H3/b10-9+. The van der Waals surface area contributed by atoms with Gasteiger partial charge in [-0.15, -0.1) is 0 Å².